The molecule has 0 fully saturated rings. The second-order valence-corrected chi connectivity index (χ2v) is 3.43. The van der Waals surface area contributed by atoms with Crippen molar-refractivity contribution in [2.24, 2.45) is 5.92 Å². The molecule has 0 aromatic carbocycles. The van der Waals surface area contributed by atoms with Gasteiger partial charge in [0.1, 0.15) is 0 Å². The van der Waals surface area contributed by atoms with Crippen LogP contribution in [0.5, 0.6) is 0 Å². The van der Waals surface area contributed by atoms with E-state index in [1.54, 1.807) is 0 Å². The van der Waals surface area contributed by atoms with Gasteiger partial charge in [0.05, 0.1) is 5.92 Å². The van der Waals surface area contributed by atoms with Crippen molar-refractivity contribution in [1.82, 2.24) is 9.97 Å². The maximum absolute atomic E-state index is 10.9. The lowest BCUT2D eigenvalue weighted by Crippen LogP contribution is -2.18. The smallest absolute Gasteiger partial charge is 0.311 e. The number of aromatic nitrogens is 2. The maximum Gasteiger partial charge on any atom is 0.311 e. The van der Waals surface area contributed by atoms with Crippen molar-refractivity contribution in [3.8, 4) is 0 Å². The molecule has 5 nitrogen and oxygen atoms in total. The molecular formula is C9H13N3O2. The van der Waals surface area contributed by atoms with E-state index in [1.807, 2.05) is 13.8 Å². The van der Waals surface area contributed by atoms with Crippen LogP contribution in [0.1, 0.15) is 25.3 Å². The van der Waals surface area contributed by atoms with E-state index < -0.39 is 11.9 Å². The molecule has 0 saturated carbocycles. The summed E-state index contributed by atoms with van der Waals surface area (Å²) in [7, 11) is 0. The molecule has 1 heterocycles. The van der Waals surface area contributed by atoms with Gasteiger partial charge in [-0.2, -0.15) is 0 Å². The predicted molar refractivity (Wildman–Crippen MR) is 51.7 cm³/mol. The van der Waals surface area contributed by atoms with Gasteiger partial charge in [-0.05, 0) is 5.92 Å². The van der Waals surface area contributed by atoms with Crippen LogP contribution in [0, 0.1) is 5.92 Å². The molecule has 1 rings (SSSR count). The van der Waals surface area contributed by atoms with Crippen molar-refractivity contribution in [3.63, 3.8) is 0 Å². The first-order valence-corrected chi connectivity index (χ1v) is 4.32. The summed E-state index contributed by atoms with van der Waals surface area (Å²) in [5.41, 5.74) is 5.89. The molecule has 0 unspecified atom stereocenters. The lowest BCUT2D eigenvalue weighted by Gasteiger charge is -2.15. The van der Waals surface area contributed by atoms with Gasteiger partial charge in [0.25, 0.3) is 0 Å². The highest BCUT2D eigenvalue weighted by Crippen LogP contribution is 2.23. The minimum absolute atomic E-state index is 0.000255. The van der Waals surface area contributed by atoms with Crippen LogP contribution < -0.4 is 5.73 Å². The topological polar surface area (TPSA) is 89.1 Å². The van der Waals surface area contributed by atoms with Crippen LogP contribution in [-0.4, -0.2) is 21.0 Å². The molecule has 1 atom stereocenters. The number of aliphatic carboxylic acids is 1. The summed E-state index contributed by atoms with van der Waals surface area (Å²) < 4.78 is 0. The second kappa shape index (κ2) is 4.04. The molecule has 0 aliphatic carbocycles. The van der Waals surface area contributed by atoms with Gasteiger partial charge in [0.15, 0.2) is 0 Å². The van der Waals surface area contributed by atoms with Crippen LogP contribution in [0.4, 0.5) is 5.95 Å². The normalized spacial score (nSPS) is 12.8. The number of hydrogen-bond donors (Lipinski definition) is 2. The fourth-order valence-electron chi connectivity index (χ4n) is 1.32. The van der Waals surface area contributed by atoms with Crippen LogP contribution in [0.3, 0.4) is 0 Å². The van der Waals surface area contributed by atoms with E-state index in [-0.39, 0.29) is 11.9 Å². The summed E-state index contributed by atoms with van der Waals surface area (Å²) in [4.78, 5) is 18.5. The molecule has 76 valence electrons. The van der Waals surface area contributed by atoms with Gasteiger partial charge in [-0.25, -0.2) is 9.97 Å². The Balaban J connectivity index is 3.00. The summed E-state index contributed by atoms with van der Waals surface area (Å²) in [5.74, 6) is -1.29. The predicted octanol–water partition coefficient (Wildman–Crippen LogP) is 0.883. The van der Waals surface area contributed by atoms with Crippen LogP contribution in [-0.2, 0) is 4.79 Å². The van der Waals surface area contributed by atoms with Crippen molar-refractivity contribution in [3.05, 3.63) is 18.0 Å². The average molecular weight is 195 g/mol. The van der Waals surface area contributed by atoms with Gasteiger partial charge >= 0.3 is 5.97 Å². The molecule has 14 heavy (non-hydrogen) atoms. The number of carboxylic acids is 1. The summed E-state index contributed by atoms with van der Waals surface area (Å²) in [6.45, 7) is 3.68. The summed E-state index contributed by atoms with van der Waals surface area (Å²) >= 11 is 0. The first kappa shape index (κ1) is 10.4. The van der Waals surface area contributed by atoms with Gasteiger partial charge in [-0.15, -0.1) is 0 Å². The van der Waals surface area contributed by atoms with Crippen molar-refractivity contribution < 1.29 is 9.90 Å². The minimum Gasteiger partial charge on any atom is -0.481 e. The zero-order chi connectivity index (χ0) is 10.7. The lowest BCUT2D eigenvalue weighted by molar-refractivity contribution is -0.139. The molecule has 0 saturated heterocycles. The van der Waals surface area contributed by atoms with E-state index >= 15 is 0 Å². The Kier molecular flexibility index (Phi) is 3.01. The Morgan fingerprint density at radius 3 is 2.29 bits per heavy atom. The van der Waals surface area contributed by atoms with E-state index in [2.05, 4.69) is 9.97 Å². The number of hydrogen-bond acceptors (Lipinski definition) is 4. The third kappa shape index (κ3) is 2.18. The van der Waals surface area contributed by atoms with E-state index in [1.165, 1.54) is 12.4 Å². The van der Waals surface area contributed by atoms with Crippen molar-refractivity contribution >= 4 is 11.9 Å². The van der Waals surface area contributed by atoms with Crippen molar-refractivity contribution in [2.75, 3.05) is 5.73 Å². The van der Waals surface area contributed by atoms with Gasteiger partial charge in [-0.3, -0.25) is 4.79 Å². The molecule has 0 amide bonds. The Morgan fingerprint density at radius 1 is 1.43 bits per heavy atom. The molecule has 0 bridgehead atoms. The summed E-state index contributed by atoms with van der Waals surface area (Å²) in [5, 5.41) is 8.98. The van der Waals surface area contributed by atoms with Crippen molar-refractivity contribution in [1.29, 1.82) is 0 Å². The van der Waals surface area contributed by atoms with Crippen LogP contribution in [0.15, 0.2) is 12.4 Å². The summed E-state index contributed by atoms with van der Waals surface area (Å²) in [6, 6.07) is 0. The Bertz CT molecular complexity index is 321. The highest BCUT2D eigenvalue weighted by atomic mass is 16.4. The van der Waals surface area contributed by atoms with E-state index in [0.29, 0.717) is 5.56 Å². The van der Waals surface area contributed by atoms with Gasteiger partial charge in [-0.1, -0.05) is 13.8 Å². The maximum atomic E-state index is 10.9. The lowest BCUT2D eigenvalue weighted by atomic mass is 9.90. The number of nitrogens with two attached hydrogens (primary N) is 1. The van der Waals surface area contributed by atoms with Gasteiger partial charge in [0, 0.05) is 18.0 Å². The first-order chi connectivity index (χ1) is 6.52. The monoisotopic (exact) mass is 195 g/mol. The number of carbonyl (C=O) groups is 1. The number of anilines is 1. The first-order valence-electron chi connectivity index (χ1n) is 4.32. The number of nitrogens with zero attached hydrogens (tertiary/aromatic N) is 2. The minimum atomic E-state index is -0.867. The Morgan fingerprint density at radius 2 is 1.93 bits per heavy atom. The fourth-order valence-corrected chi connectivity index (χ4v) is 1.32. The standard InChI is InChI=1S/C9H13N3O2/c1-5(2)7(8(13)14)6-3-11-9(10)12-4-6/h3-5,7H,1-2H3,(H,13,14)(H2,10,11,12)/t7-/m0/s1. The molecule has 0 spiro atoms. The molecule has 0 radical (unpaired) electrons. The fraction of sp³-hybridized carbons (Fsp3) is 0.444. The van der Waals surface area contributed by atoms with E-state index in [0.717, 1.165) is 0 Å². The van der Waals surface area contributed by atoms with Crippen LogP contribution >= 0.6 is 0 Å². The third-order valence-electron chi connectivity index (χ3n) is 1.98. The quantitative estimate of drug-likeness (QED) is 0.747. The van der Waals surface area contributed by atoms with Crippen LogP contribution in [0.25, 0.3) is 0 Å². The second-order valence-electron chi connectivity index (χ2n) is 3.43. The van der Waals surface area contributed by atoms with E-state index in [4.69, 9.17) is 10.8 Å². The molecule has 0 aliphatic heterocycles. The SMILES string of the molecule is CC(C)[C@H](C(=O)O)c1cnc(N)nc1. The molecule has 0 aliphatic rings. The Hall–Kier alpha value is -1.65. The highest BCUT2D eigenvalue weighted by Gasteiger charge is 2.23. The molecule has 1 aromatic heterocycles. The third-order valence-corrected chi connectivity index (χ3v) is 1.98. The molecule has 1 aromatic rings. The molecule has 5 heteroatoms. The number of nitrogen functional groups attached to an aromatic ring is 1. The van der Waals surface area contributed by atoms with Crippen LogP contribution in [0.2, 0.25) is 0 Å². The summed E-state index contributed by atoms with van der Waals surface area (Å²) in [6.07, 6.45) is 2.92. The molecular weight excluding hydrogens is 182 g/mol. The number of carboxylic acid groups (broad SMARTS) is 1. The largest absolute Gasteiger partial charge is 0.481 e. The van der Waals surface area contributed by atoms with Crippen molar-refractivity contribution in [2.45, 2.75) is 19.8 Å². The van der Waals surface area contributed by atoms with Gasteiger partial charge in [0.2, 0.25) is 5.95 Å². The van der Waals surface area contributed by atoms with E-state index in [9.17, 15) is 4.79 Å². The molecule has 3 N–H and O–H groups in total. The van der Waals surface area contributed by atoms with Gasteiger partial charge < -0.3 is 10.8 Å². The zero-order valence-electron chi connectivity index (χ0n) is 8.14. The Labute approximate surface area is 82.0 Å². The zero-order valence-corrected chi connectivity index (χ0v) is 8.14. The number of rotatable bonds is 3. The average Bonchev–Trinajstić information content (AvgIpc) is 2.07. The highest BCUT2D eigenvalue weighted by molar-refractivity contribution is 5.76.